The van der Waals surface area contributed by atoms with Crippen LogP contribution in [0.2, 0.25) is 0 Å². The van der Waals surface area contributed by atoms with Gasteiger partial charge in [-0.15, -0.1) is 10.2 Å². The minimum atomic E-state index is -0.0696. The summed E-state index contributed by atoms with van der Waals surface area (Å²) in [4.78, 5) is 22.6. The molecule has 8 nitrogen and oxygen atoms in total. The molecule has 30 heavy (non-hydrogen) atoms. The van der Waals surface area contributed by atoms with Gasteiger partial charge in [0.25, 0.3) is 17.7 Å². The first-order chi connectivity index (χ1) is 14.4. The fourth-order valence-corrected chi connectivity index (χ4v) is 2.92. The van der Waals surface area contributed by atoms with E-state index in [9.17, 15) is 9.90 Å². The molecule has 0 aliphatic carbocycles. The summed E-state index contributed by atoms with van der Waals surface area (Å²) in [5.74, 6) is 0.386. The maximum Gasteiger partial charge on any atom is 0.268 e. The van der Waals surface area contributed by atoms with Crippen molar-refractivity contribution in [2.75, 3.05) is 14.1 Å². The Bertz CT molecular complexity index is 1230. The Balaban J connectivity index is 0.00000181. The topological polar surface area (TPSA) is 105 Å². The fourth-order valence-electron chi connectivity index (χ4n) is 2.92. The van der Waals surface area contributed by atoms with Crippen LogP contribution in [0.15, 0.2) is 59.1 Å². The van der Waals surface area contributed by atoms with Crippen molar-refractivity contribution in [3.05, 3.63) is 66.0 Å². The number of para-hydroxylation sites is 1. The summed E-state index contributed by atoms with van der Waals surface area (Å²) in [6, 6.07) is 13.9. The van der Waals surface area contributed by atoms with Crippen molar-refractivity contribution in [1.29, 1.82) is 0 Å². The second-order valence-corrected chi connectivity index (χ2v) is 6.90. The molecular formula is C22H23N5O3. The van der Waals surface area contributed by atoms with E-state index in [-0.39, 0.29) is 26.3 Å². The van der Waals surface area contributed by atoms with Gasteiger partial charge in [0.15, 0.2) is 0 Å². The third-order valence-corrected chi connectivity index (χ3v) is 4.55. The van der Waals surface area contributed by atoms with Crippen LogP contribution in [0.5, 0.6) is 5.75 Å². The molecule has 2 aromatic heterocycles. The molecule has 8 heteroatoms. The van der Waals surface area contributed by atoms with E-state index in [1.807, 2.05) is 12.1 Å². The Kier molecular flexibility index (Phi) is 4.97. The van der Waals surface area contributed by atoms with Crippen molar-refractivity contribution in [3.63, 3.8) is 0 Å². The van der Waals surface area contributed by atoms with Gasteiger partial charge in [0.2, 0.25) is 0 Å². The number of phenols is 1. The van der Waals surface area contributed by atoms with Gasteiger partial charge in [-0.05, 0) is 31.2 Å². The van der Waals surface area contributed by atoms with Crippen molar-refractivity contribution in [2.24, 2.45) is 0 Å². The lowest BCUT2D eigenvalue weighted by Crippen LogP contribution is -2.21. The normalized spacial score (nSPS) is 10.8. The molecule has 0 fully saturated rings. The van der Waals surface area contributed by atoms with E-state index < -0.39 is 0 Å². The van der Waals surface area contributed by atoms with Crippen LogP contribution >= 0.6 is 0 Å². The van der Waals surface area contributed by atoms with Crippen LogP contribution in [0.25, 0.3) is 34.3 Å². The fraction of sp³-hybridized carbons (Fsp3) is 0.136. The zero-order chi connectivity index (χ0) is 21.3. The maximum atomic E-state index is 12.1. The summed E-state index contributed by atoms with van der Waals surface area (Å²) in [6.45, 7) is 1.80. The highest BCUT2D eigenvalue weighted by molar-refractivity contribution is 5.94. The zero-order valence-electron chi connectivity index (χ0n) is 16.7. The van der Waals surface area contributed by atoms with Crippen molar-refractivity contribution >= 4 is 5.91 Å². The Hall–Kier alpha value is -4.07. The van der Waals surface area contributed by atoms with E-state index in [0.29, 0.717) is 28.2 Å². The largest absolute Gasteiger partial charge is 0.507 e. The van der Waals surface area contributed by atoms with Crippen molar-refractivity contribution in [2.45, 2.75) is 6.92 Å². The van der Waals surface area contributed by atoms with E-state index in [2.05, 4.69) is 20.2 Å². The number of hydrogen-bond acceptors (Lipinski definition) is 7. The number of aromatic nitrogens is 4. The molecule has 0 saturated carbocycles. The molecule has 4 aromatic rings. The highest BCUT2D eigenvalue weighted by atomic mass is 16.4. The van der Waals surface area contributed by atoms with Crippen LogP contribution in [0, 0.1) is 6.92 Å². The second-order valence-electron chi connectivity index (χ2n) is 6.90. The van der Waals surface area contributed by atoms with Crippen LogP contribution in [0.1, 0.15) is 18.9 Å². The molecule has 154 valence electrons. The summed E-state index contributed by atoms with van der Waals surface area (Å²) in [7, 11) is 3.42. The summed E-state index contributed by atoms with van der Waals surface area (Å²) >= 11 is 0. The highest BCUT2D eigenvalue weighted by Gasteiger charge is 2.18. The first kappa shape index (κ1) is 19.3. The average Bonchev–Trinajstić information content (AvgIpc) is 3.23. The number of benzene rings is 2. The number of hydrogen-bond donors (Lipinski definition) is 1. The smallest absolute Gasteiger partial charge is 0.268 e. The number of carbonyl (C=O) groups excluding carboxylic acids is 1. The van der Waals surface area contributed by atoms with Crippen LogP contribution in [-0.4, -0.2) is 50.2 Å². The molecule has 1 N–H and O–H groups in total. The Morgan fingerprint density at radius 2 is 1.73 bits per heavy atom. The Morgan fingerprint density at radius 3 is 2.43 bits per heavy atom. The van der Waals surface area contributed by atoms with Gasteiger partial charge in [0.1, 0.15) is 11.4 Å². The molecule has 4 rings (SSSR count). The highest BCUT2D eigenvalue weighted by Crippen LogP contribution is 2.30. The van der Waals surface area contributed by atoms with Gasteiger partial charge < -0.3 is 14.4 Å². The SMILES string of the molecule is Cc1ncc(-c2ccc(C(=O)N(C)C)cc2)nc1-c1nnc(-c2ccccc2O)o1.[HH].[HH]. The molecule has 2 aromatic carbocycles. The molecule has 0 radical (unpaired) electrons. The lowest BCUT2D eigenvalue weighted by atomic mass is 10.1. The number of nitrogens with zero attached hydrogens (tertiary/aromatic N) is 5. The van der Waals surface area contributed by atoms with Crippen molar-refractivity contribution < 1.29 is 17.2 Å². The lowest BCUT2D eigenvalue weighted by molar-refractivity contribution is 0.0827. The first-order valence-electron chi connectivity index (χ1n) is 9.22. The predicted molar refractivity (Wildman–Crippen MR) is 115 cm³/mol. The van der Waals surface area contributed by atoms with Gasteiger partial charge in [-0.25, -0.2) is 4.98 Å². The second kappa shape index (κ2) is 7.75. The van der Waals surface area contributed by atoms with Gasteiger partial charge in [-0.3, -0.25) is 9.78 Å². The van der Waals surface area contributed by atoms with Gasteiger partial charge in [0.05, 0.1) is 23.1 Å². The minimum absolute atomic E-state index is 0. The van der Waals surface area contributed by atoms with E-state index >= 15 is 0 Å². The number of phenolic OH excluding ortho intramolecular Hbond substituents is 1. The summed E-state index contributed by atoms with van der Waals surface area (Å²) in [5, 5.41) is 18.1. The van der Waals surface area contributed by atoms with Crippen molar-refractivity contribution in [1.82, 2.24) is 25.1 Å². The predicted octanol–water partition coefficient (Wildman–Crippen LogP) is 4.07. The molecule has 1 amide bonds. The Labute approximate surface area is 175 Å². The third-order valence-electron chi connectivity index (χ3n) is 4.55. The molecule has 2 heterocycles. The number of aromatic hydroxyl groups is 1. The summed E-state index contributed by atoms with van der Waals surface area (Å²) in [6.07, 6.45) is 1.65. The number of rotatable bonds is 4. The molecule has 0 bridgehead atoms. The standard InChI is InChI=1S/C22H19N5O3.2H2/c1-13-19(21-26-25-20(30-21)16-6-4-5-7-18(16)28)24-17(12-23-13)14-8-10-15(11-9-14)22(29)27(2)3;;/h4-12,28H,1-3H3;2*1H. The van der Waals surface area contributed by atoms with E-state index in [4.69, 9.17) is 4.42 Å². The monoisotopic (exact) mass is 405 g/mol. The van der Waals surface area contributed by atoms with E-state index in [0.717, 1.165) is 5.56 Å². The van der Waals surface area contributed by atoms with Crippen LogP contribution < -0.4 is 0 Å². The molecular weight excluding hydrogens is 382 g/mol. The first-order valence-corrected chi connectivity index (χ1v) is 9.22. The molecule has 0 saturated heterocycles. The lowest BCUT2D eigenvalue weighted by Gasteiger charge is -2.10. The quantitative estimate of drug-likeness (QED) is 0.545. The van der Waals surface area contributed by atoms with E-state index in [1.54, 1.807) is 63.6 Å². The molecule has 0 aliphatic heterocycles. The third kappa shape index (κ3) is 3.62. The van der Waals surface area contributed by atoms with E-state index in [1.165, 1.54) is 4.90 Å². The zero-order valence-corrected chi connectivity index (χ0v) is 16.7. The minimum Gasteiger partial charge on any atom is -0.507 e. The molecule has 0 atom stereocenters. The van der Waals surface area contributed by atoms with Crippen LogP contribution in [-0.2, 0) is 0 Å². The van der Waals surface area contributed by atoms with Gasteiger partial charge in [-0.2, -0.15) is 0 Å². The summed E-state index contributed by atoms with van der Waals surface area (Å²) in [5.41, 5.74) is 3.54. The molecule has 0 spiro atoms. The van der Waals surface area contributed by atoms with Crippen LogP contribution in [0.4, 0.5) is 0 Å². The van der Waals surface area contributed by atoms with Crippen molar-refractivity contribution in [3.8, 4) is 40.0 Å². The number of amides is 1. The number of carbonyl (C=O) groups is 1. The van der Waals surface area contributed by atoms with Gasteiger partial charge >= 0.3 is 0 Å². The van der Waals surface area contributed by atoms with Crippen LogP contribution in [0.3, 0.4) is 0 Å². The summed E-state index contributed by atoms with van der Waals surface area (Å²) < 4.78 is 5.75. The maximum absolute atomic E-state index is 12.1. The molecule has 0 unspecified atom stereocenters. The van der Waals surface area contributed by atoms with Gasteiger partial charge in [-0.1, -0.05) is 24.3 Å². The number of aryl methyl sites for hydroxylation is 1. The molecule has 0 aliphatic rings. The average molecular weight is 405 g/mol. The van der Waals surface area contributed by atoms with Gasteiger partial charge in [0, 0.05) is 28.1 Å². The Morgan fingerprint density at radius 1 is 1.03 bits per heavy atom.